The lowest BCUT2D eigenvalue weighted by Crippen LogP contribution is -2.01. The number of benzene rings is 1. The molecule has 6 nitrogen and oxygen atoms in total. The van der Waals surface area contributed by atoms with Gasteiger partial charge in [0.1, 0.15) is 11.6 Å². The molecule has 1 saturated carbocycles. The van der Waals surface area contributed by atoms with Gasteiger partial charge < -0.3 is 15.2 Å². The van der Waals surface area contributed by atoms with E-state index in [1.807, 2.05) is 13.0 Å². The molecule has 0 saturated heterocycles. The van der Waals surface area contributed by atoms with Crippen molar-refractivity contribution in [2.45, 2.75) is 25.7 Å². The number of hydrogen-bond acceptors (Lipinski definition) is 6. The van der Waals surface area contributed by atoms with Gasteiger partial charge in [0.25, 0.3) is 0 Å². The van der Waals surface area contributed by atoms with Crippen LogP contribution in [0.4, 0.5) is 27.4 Å². The summed E-state index contributed by atoms with van der Waals surface area (Å²) in [5, 5.41) is 10.4. The van der Waals surface area contributed by atoms with Gasteiger partial charge in [0.15, 0.2) is 5.52 Å². The van der Waals surface area contributed by atoms with E-state index >= 15 is 0 Å². The van der Waals surface area contributed by atoms with Crippen molar-refractivity contribution in [2.75, 3.05) is 10.6 Å². The van der Waals surface area contributed by atoms with Gasteiger partial charge in [0, 0.05) is 12.4 Å². The smallest absolute Gasteiger partial charge is 0.211 e. The Morgan fingerprint density at radius 1 is 1.04 bits per heavy atom. The van der Waals surface area contributed by atoms with Crippen LogP contribution in [0, 0.1) is 12.7 Å². The Labute approximate surface area is 160 Å². The van der Waals surface area contributed by atoms with Crippen LogP contribution in [0.25, 0.3) is 11.1 Å². The number of rotatable bonds is 5. The molecular weight excluding hydrogens is 357 g/mol. The third-order valence-electron chi connectivity index (χ3n) is 4.90. The number of fused-ring (bicyclic) bond motifs is 1. The second-order valence-electron chi connectivity index (χ2n) is 6.97. The van der Waals surface area contributed by atoms with Crippen molar-refractivity contribution in [1.29, 1.82) is 0 Å². The predicted molar refractivity (Wildman–Crippen MR) is 106 cm³/mol. The van der Waals surface area contributed by atoms with Crippen molar-refractivity contribution in [3.05, 3.63) is 65.7 Å². The highest BCUT2D eigenvalue weighted by Gasteiger charge is 2.27. The van der Waals surface area contributed by atoms with Crippen molar-refractivity contribution in [3.63, 3.8) is 0 Å². The van der Waals surface area contributed by atoms with Gasteiger partial charge in [-0.1, -0.05) is 23.4 Å². The van der Waals surface area contributed by atoms with Gasteiger partial charge in [-0.05, 0) is 55.0 Å². The summed E-state index contributed by atoms with van der Waals surface area (Å²) in [6.45, 7) is 1.95. The van der Waals surface area contributed by atoms with Crippen LogP contribution in [0.15, 0.2) is 53.3 Å². The first-order valence-electron chi connectivity index (χ1n) is 9.19. The van der Waals surface area contributed by atoms with Gasteiger partial charge in [-0.3, -0.25) is 0 Å². The topological polar surface area (TPSA) is 75.9 Å². The molecule has 0 unspecified atom stereocenters. The van der Waals surface area contributed by atoms with Crippen molar-refractivity contribution in [3.8, 4) is 0 Å². The summed E-state index contributed by atoms with van der Waals surface area (Å²) in [7, 11) is 0. The third-order valence-corrected chi connectivity index (χ3v) is 4.90. The maximum absolute atomic E-state index is 14.0. The first-order chi connectivity index (χ1) is 13.7. The van der Waals surface area contributed by atoms with Gasteiger partial charge >= 0.3 is 0 Å². The van der Waals surface area contributed by atoms with Crippen LogP contribution in [0.2, 0.25) is 0 Å². The van der Waals surface area contributed by atoms with Crippen LogP contribution in [-0.2, 0) is 0 Å². The summed E-state index contributed by atoms with van der Waals surface area (Å²) in [4.78, 5) is 8.95. The molecule has 0 amide bonds. The lowest BCUT2D eigenvalue weighted by molar-refractivity contribution is 0.460. The minimum atomic E-state index is -0.369. The van der Waals surface area contributed by atoms with Crippen LogP contribution < -0.4 is 10.6 Å². The van der Waals surface area contributed by atoms with Gasteiger partial charge in [-0.15, -0.1) is 0 Å². The molecule has 4 aromatic rings. The molecule has 140 valence electrons. The highest BCUT2D eigenvalue weighted by Crippen LogP contribution is 2.44. The number of nitrogens with one attached hydrogen (secondary N) is 2. The van der Waals surface area contributed by atoms with Gasteiger partial charge in [0.2, 0.25) is 11.4 Å². The number of pyridine rings is 2. The van der Waals surface area contributed by atoms with Crippen LogP contribution in [-0.4, -0.2) is 15.1 Å². The molecule has 0 bridgehead atoms. The molecule has 0 aliphatic heterocycles. The van der Waals surface area contributed by atoms with E-state index in [1.54, 1.807) is 30.6 Å². The highest BCUT2D eigenvalue weighted by atomic mass is 19.1. The fourth-order valence-corrected chi connectivity index (χ4v) is 3.27. The first kappa shape index (κ1) is 16.7. The Morgan fingerprint density at radius 3 is 2.71 bits per heavy atom. The van der Waals surface area contributed by atoms with Crippen LogP contribution in [0.1, 0.15) is 29.9 Å². The molecule has 1 aliphatic carbocycles. The van der Waals surface area contributed by atoms with E-state index in [9.17, 15) is 4.39 Å². The average molecular weight is 375 g/mol. The fourth-order valence-electron chi connectivity index (χ4n) is 3.27. The van der Waals surface area contributed by atoms with Crippen molar-refractivity contribution in [2.24, 2.45) is 0 Å². The standard InChI is InChI=1S/C21H18FN5O/c1-12-11-24-18-19(28-27-21(18)25-16-7-3-2-6-15(16)22)17(12)26-20-14(13-8-9-13)5-4-10-23-20/h2-7,10-11,13H,8-9H2,1H3,(H,25,27)(H,23,24,26). The monoisotopic (exact) mass is 375 g/mol. The molecule has 0 radical (unpaired) electrons. The van der Waals surface area contributed by atoms with E-state index in [0.717, 1.165) is 17.1 Å². The number of nitrogens with zero attached hydrogens (tertiary/aromatic N) is 3. The van der Waals surface area contributed by atoms with Crippen molar-refractivity contribution in [1.82, 2.24) is 15.1 Å². The zero-order valence-corrected chi connectivity index (χ0v) is 15.2. The average Bonchev–Trinajstić information content (AvgIpc) is 3.47. The predicted octanol–water partition coefficient (Wildman–Crippen LogP) is 5.43. The number of aromatic nitrogens is 3. The molecule has 7 heteroatoms. The molecule has 5 rings (SSSR count). The first-order valence-corrected chi connectivity index (χ1v) is 9.19. The quantitative estimate of drug-likeness (QED) is 0.484. The second kappa shape index (κ2) is 6.60. The van der Waals surface area contributed by atoms with Crippen LogP contribution >= 0.6 is 0 Å². The number of halogens is 1. The molecule has 3 heterocycles. The third kappa shape index (κ3) is 2.94. The van der Waals surface area contributed by atoms with E-state index in [-0.39, 0.29) is 5.82 Å². The number of para-hydroxylation sites is 1. The largest absolute Gasteiger partial charge is 0.350 e. The van der Waals surface area contributed by atoms with Gasteiger partial charge in [-0.2, -0.15) is 0 Å². The summed E-state index contributed by atoms with van der Waals surface area (Å²) in [5.41, 5.74) is 4.23. The Morgan fingerprint density at radius 2 is 1.89 bits per heavy atom. The lowest BCUT2D eigenvalue weighted by atomic mass is 10.1. The Hall–Kier alpha value is -3.48. The normalized spacial score (nSPS) is 13.6. The molecule has 2 N–H and O–H groups in total. The number of aryl methyl sites for hydroxylation is 1. The zero-order valence-electron chi connectivity index (χ0n) is 15.2. The lowest BCUT2D eigenvalue weighted by Gasteiger charge is -2.12. The van der Waals surface area contributed by atoms with E-state index in [4.69, 9.17) is 4.52 Å². The summed E-state index contributed by atoms with van der Waals surface area (Å²) >= 11 is 0. The van der Waals surface area contributed by atoms with Crippen molar-refractivity contribution < 1.29 is 8.91 Å². The molecule has 1 aliphatic rings. The molecule has 1 aromatic carbocycles. The number of anilines is 4. The van der Waals surface area contributed by atoms with E-state index < -0.39 is 0 Å². The molecular formula is C21H18FN5O. The molecule has 3 aromatic heterocycles. The zero-order chi connectivity index (χ0) is 19.1. The molecule has 0 spiro atoms. The fraction of sp³-hybridized carbons (Fsp3) is 0.190. The van der Waals surface area contributed by atoms with E-state index in [1.165, 1.54) is 24.5 Å². The van der Waals surface area contributed by atoms with E-state index in [2.05, 4.69) is 31.8 Å². The van der Waals surface area contributed by atoms with Crippen LogP contribution in [0.3, 0.4) is 0 Å². The molecule has 1 fully saturated rings. The van der Waals surface area contributed by atoms with Gasteiger partial charge in [0.05, 0.1) is 11.4 Å². The summed E-state index contributed by atoms with van der Waals surface area (Å²) in [6.07, 6.45) is 5.88. The maximum Gasteiger partial charge on any atom is 0.211 e. The highest BCUT2D eigenvalue weighted by molar-refractivity contribution is 5.96. The van der Waals surface area contributed by atoms with Gasteiger partial charge in [-0.25, -0.2) is 14.4 Å². The molecule has 28 heavy (non-hydrogen) atoms. The Bertz CT molecular complexity index is 1170. The Balaban J connectivity index is 1.54. The number of hydrogen-bond donors (Lipinski definition) is 2. The summed E-state index contributed by atoms with van der Waals surface area (Å²) in [5.74, 6) is 1.38. The Kier molecular flexibility index (Phi) is 3.93. The molecule has 0 atom stereocenters. The summed E-state index contributed by atoms with van der Waals surface area (Å²) in [6, 6.07) is 10.5. The minimum Gasteiger partial charge on any atom is -0.350 e. The van der Waals surface area contributed by atoms with Crippen molar-refractivity contribution >= 4 is 34.1 Å². The van der Waals surface area contributed by atoms with Crippen LogP contribution in [0.5, 0.6) is 0 Å². The second-order valence-corrected chi connectivity index (χ2v) is 6.97. The maximum atomic E-state index is 14.0. The van der Waals surface area contributed by atoms with E-state index in [0.29, 0.717) is 28.5 Å². The minimum absolute atomic E-state index is 0.315. The summed E-state index contributed by atoms with van der Waals surface area (Å²) < 4.78 is 19.6. The SMILES string of the molecule is Cc1cnc2c(Nc3ccccc3F)noc2c1Nc1ncccc1C1CC1.